The number of benzene rings is 3. The summed E-state index contributed by atoms with van der Waals surface area (Å²) in [6.07, 6.45) is 0.104. The molecule has 3 aromatic heterocycles. The maximum Gasteiger partial charge on any atom is 0.416 e. The molecule has 0 saturated carbocycles. The number of fused-ring (bicyclic) bond motifs is 2. The van der Waals surface area contributed by atoms with E-state index in [4.69, 9.17) is 0 Å². The fourth-order valence-corrected chi connectivity index (χ4v) is 4.13. The van der Waals surface area contributed by atoms with E-state index in [1.54, 1.807) is 37.5 Å². The van der Waals surface area contributed by atoms with Gasteiger partial charge >= 0.3 is 6.18 Å². The summed E-state index contributed by atoms with van der Waals surface area (Å²) in [4.78, 5) is 24.9. The number of H-pyrrole nitrogens is 2. The number of alkyl halides is 3. The van der Waals surface area contributed by atoms with E-state index in [-0.39, 0.29) is 11.3 Å². The summed E-state index contributed by atoms with van der Waals surface area (Å²) in [6.45, 7) is 1.73. The first-order chi connectivity index (χ1) is 17.7. The van der Waals surface area contributed by atoms with Gasteiger partial charge in [-0.1, -0.05) is 12.1 Å². The van der Waals surface area contributed by atoms with Gasteiger partial charge in [0.05, 0.1) is 40.3 Å². The molecule has 0 unspecified atom stereocenters. The van der Waals surface area contributed by atoms with Gasteiger partial charge in [0, 0.05) is 34.1 Å². The lowest BCUT2D eigenvalue weighted by Gasteiger charge is -2.13. The highest BCUT2D eigenvalue weighted by molar-refractivity contribution is 6.05. The Balaban J connectivity index is 1.31. The molecule has 0 saturated heterocycles. The number of imidazole rings is 2. The Morgan fingerprint density at radius 3 is 2.68 bits per heavy atom. The molecule has 1 amide bonds. The van der Waals surface area contributed by atoms with Crippen LogP contribution in [0.2, 0.25) is 0 Å². The Morgan fingerprint density at radius 1 is 1.03 bits per heavy atom. The van der Waals surface area contributed by atoms with Gasteiger partial charge in [0.15, 0.2) is 0 Å². The van der Waals surface area contributed by atoms with Crippen molar-refractivity contribution in [2.45, 2.75) is 13.1 Å². The number of nitrogens with zero attached hydrogens (tertiary/aromatic N) is 4. The Hall–Kier alpha value is -4.93. The normalized spacial score (nSPS) is 11.9. The van der Waals surface area contributed by atoms with Crippen LogP contribution in [0, 0.1) is 6.92 Å². The van der Waals surface area contributed by atoms with Gasteiger partial charge in [-0.05, 0) is 49.4 Å². The van der Waals surface area contributed by atoms with Crippen LogP contribution in [0.3, 0.4) is 0 Å². The molecule has 3 N–H and O–H groups in total. The number of nitrogens with one attached hydrogen (secondary N) is 3. The van der Waals surface area contributed by atoms with Crippen LogP contribution in [0.1, 0.15) is 21.6 Å². The number of aryl methyl sites for hydroxylation is 1. The van der Waals surface area contributed by atoms with Crippen LogP contribution in [-0.2, 0) is 6.18 Å². The Labute approximate surface area is 207 Å². The molecule has 184 valence electrons. The SMILES string of the molecule is Cc1cn(-c2cc(C(=O)Nc3ccc4nc(-c5ccc6cn[nH]c6c5)[nH]c4c3)cc(C(F)(F)F)c2)cn1. The molecule has 0 aliphatic heterocycles. The molecule has 0 spiro atoms. The summed E-state index contributed by atoms with van der Waals surface area (Å²) in [5.74, 6) is -0.0407. The van der Waals surface area contributed by atoms with Crippen molar-refractivity contribution < 1.29 is 18.0 Å². The van der Waals surface area contributed by atoms with Crippen LogP contribution < -0.4 is 5.32 Å². The summed E-state index contributed by atoms with van der Waals surface area (Å²) in [5, 5.41) is 10.6. The summed E-state index contributed by atoms with van der Waals surface area (Å²) < 4.78 is 42.2. The van der Waals surface area contributed by atoms with Crippen molar-refractivity contribution in [1.82, 2.24) is 29.7 Å². The van der Waals surface area contributed by atoms with Crippen LogP contribution in [0.5, 0.6) is 0 Å². The Bertz CT molecular complexity index is 1800. The van der Waals surface area contributed by atoms with Gasteiger partial charge in [0.1, 0.15) is 5.82 Å². The number of hydrogen-bond acceptors (Lipinski definition) is 4. The third-order valence-electron chi connectivity index (χ3n) is 5.97. The lowest BCUT2D eigenvalue weighted by molar-refractivity contribution is -0.137. The number of carbonyl (C=O) groups is 1. The lowest BCUT2D eigenvalue weighted by Crippen LogP contribution is -2.15. The average Bonchev–Trinajstić information content (AvgIpc) is 3.61. The molecular formula is C26H18F3N7O. The molecule has 3 heterocycles. The highest BCUT2D eigenvalue weighted by atomic mass is 19.4. The van der Waals surface area contributed by atoms with Crippen molar-refractivity contribution in [2.24, 2.45) is 0 Å². The average molecular weight is 501 g/mol. The molecule has 6 rings (SSSR count). The molecule has 11 heteroatoms. The molecule has 0 fully saturated rings. The standard InChI is InChI=1S/C26H18F3N7O/c1-14-12-36(13-30-14)20-7-17(6-18(9-20)26(27,28)29)25(37)32-19-4-5-21-23(10-19)34-24(33-21)15-2-3-16-11-31-35-22(16)8-15/h2-13H,1H3,(H,31,35)(H,32,37)(H,33,34). The number of aromatic amines is 2. The molecule has 0 bridgehead atoms. The van der Waals surface area contributed by atoms with Crippen LogP contribution in [0.15, 0.2) is 73.3 Å². The summed E-state index contributed by atoms with van der Waals surface area (Å²) >= 11 is 0. The zero-order valence-electron chi connectivity index (χ0n) is 19.3. The zero-order chi connectivity index (χ0) is 25.7. The first kappa shape index (κ1) is 22.5. The number of anilines is 1. The topological polar surface area (TPSA) is 104 Å². The summed E-state index contributed by atoms with van der Waals surface area (Å²) in [7, 11) is 0. The smallest absolute Gasteiger partial charge is 0.338 e. The van der Waals surface area contributed by atoms with Crippen molar-refractivity contribution in [3.8, 4) is 17.1 Å². The van der Waals surface area contributed by atoms with E-state index in [9.17, 15) is 18.0 Å². The molecule has 0 aliphatic rings. The van der Waals surface area contributed by atoms with Crippen molar-refractivity contribution in [3.05, 3.63) is 90.1 Å². The van der Waals surface area contributed by atoms with Crippen LogP contribution in [-0.4, -0.2) is 35.6 Å². The minimum Gasteiger partial charge on any atom is -0.338 e. The van der Waals surface area contributed by atoms with Crippen LogP contribution >= 0.6 is 0 Å². The van der Waals surface area contributed by atoms with E-state index in [2.05, 4.69) is 30.5 Å². The molecule has 0 aliphatic carbocycles. The van der Waals surface area contributed by atoms with Crippen molar-refractivity contribution in [3.63, 3.8) is 0 Å². The highest BCUT2D eigenvalue weighted by Gasteiger charge is 2.32. The number of rotatable bonds is 4. The maximum atomic E-state index is 13.6. The van der Waals surface area contributed by atoms with Gasteiger partial charge in [-0.25, -0.2) is 9.97 Å². The lowest BCUT2D eigenvalue weighted by atomic mass is 10.1. The number of aromatic nitrogens is 6. The van der Waals surface area contributed by atoms with E-state index in [1.165, 1.54) is 17.0 Å². The van der Waals surface area contributed by atoms with Gasteiger partial charge in [-0.15, -0.1) is 0 Å². The van der Waals surface area contributed by atoms with E-state index in [0.717, 1.165) is 28.6 Å². The second kappa shape index (κ2) is 8.33. The number of amides is 1. The Morgan fingerprint density at radius 2 is 1.89 bits per heavy atom. The van der Waals surface area contributed by atoms with Crippen LogP contribution in [0.25, 0.3) is 39.0 Å². The number of hydrogen-bond donors (Lipinski definition) is 3. The van der Waals surface area contributed by atoms with Gasteiger partial charge < -0.3 is 14.9 Å². The van der Waals surface area contributed by atoms with E-state index < -0.39 is 17.6 Å². The molecule has 3 aromatic carbocycles. The summed E-state index contributed by atoms with van der Waals surface area (Å²) in [5.41, 5.74) is 3.24. The molecule has 8 nitrogen and oxygen atoms in total. The molecule has 0 atom stereocenters. The second-order valence-electron chi connectivity index (χ2n) is 8.63. The fraction of sp³-hybridized carbons (Fsp3) is 0.0769. The molecular weight excluding hydrogens is 483 g/mol. The van der Waals surface area contributed by atoms with Gasteiger partial charge in [0.25, 0.3) is 5.91 Å². The maximum absolute atomic E-state index is 13.6. The monoisotopic (exact) mass is 501 g/mol. The molecule has 6 aromatic rings. The largest absolute Gasteiger partial charge is 0.416 e. The summed E-state index contributed by atoms with van der Waals surface area (Å²) in [6, 6.07) is 14.1. The fourth-order valence-electron chi connectivity index (χ4n) is 4.13. The van der Waals surface area contributed by atoms with Gasteiger partial charge in [-0.3, -0.25) is 9.89 Å². The minimum atomic E-state index is -4.62. The third-order valence-corrected chi connectivity index (χ3v) is 5.97. The van der Waals surface area contributed by atoms with Crippen molar-refractivity contribution >= 4 is 33.5 Å². The van der Waals surface area contributed by atoms with E-state index >= 15 is 0 Å². The molecule has 0 radical (unpaired) electrons. The third kappa shape index (κ3) is 4.31. The quantitative estimate of drug-likeness (QED) is 0.281. The zero-order valence-corrected chi connectivity index (χ0v) is 19.3. The Kier molecular flexibility index (Phi) is 5.07. The van der Waals surface area contributed by atoms with Crippen molar-refractivity contribution in [1.29, 1.82) is 0 Å². The molecule has 37 heavy (non-hydrogen) atoms. The van der Waals surface area contributed by atoms with Gasteiger partial charge in [-0.2, -0.15) is 18.3 Å². The number of carbonyl (C=O) groups excluding carboxylic acids is 1. The van der Waals surface area contributed by atoms with Crippen LogP contribution in [0.4, 0.5) is 18.9 Å². The van der Waals surface area contributed by atoms with Crippen molar-refractivity contribution in [2.75, 3.05) is 5.32 Å². The minimum absolute atomic E-state index is 0.130. The first-order valence-corrected chi connectivity index (χ1v) is 11.2. The highest BCUT2D eigenvalue weighted by Crippen LogP contribution is 2.32. The first-order valence-electron chi connectivity index (χ1n) is 11.2. The van der Waals surface area contributed by atoms with E-state index in [0.29, 0.717) is 28.2 Å². The second-order valence-corrected chi connectivity index (χ2v) is 8.63. The van der Waals surface area contributed by atoms with Gasteiger partial charge in [0.2, 0.25) is 0 Å². The predicted molar refractivity (Wildman–Crippen MR) is 132 cm³/mol. The van der Waals surface area contributed by atoms with E-state index in [1.807, 2.05) is 18.2 Å². The number of halogens is 3. The predicted octanol–water partition coefficient (Wildman–Crippen LogP) is 5.87.